The Morgan fingerprint density at radius 3 is 2.50 bits per heavy atom. The Labute approximate surface area is 119 Å². The van der Waals surface area contributed by atoms with E-state index >= 15 is 0 Å². The minimum absolute atomic E-state index is 0.0877. The monoisotopic (exact) mass is 278 g/mol. The molecule has 0 bridgehead atoms. The van der Waals surface area contributed by atoms with Gasteiger partial charge in [0.2, 0.25) is 5.91 Å². The van der Waals surface area contributed by atoms with E-state index in [2.05, 4.69) is 5.32 Å². The molecule has 0 aliphatic carbocycles. The zero-order valence-electron chi connectivity index (χ0n) is 12.7. The topological polar surface area (TPSA) is 58.6 Å². The van der Waals surface area contributed by atoms with Crippen molar-refractivity contribution in [1.29, 1.82) is 0 Å². The van der Waals surface area contributed by atoms with E-state index in [0.29, 0.717) is 5.75 Å². The molecule has 1 unspecified atom stereocenters. The highest BCUT2D eigenvalue weighted by atomic mass is 16.6. The Kier molecular flexibility index (Phi) is 5.55. The summed E-state index contributed by atoms with van der Waals surface area (Å²) in [5.74, 6) is 0.392. The number of carbonyl (C=O) groups excluding carboxylic acids is 2. The van der Waals surface area contributed by atoms with Gasteiger partial charge in [0.25, 0.3) is 0 Å². The average Bonchev–Trinajstić information content (AvgIpc) is 2.37. The van der Waals surface area contributed by atoms with Gasteiger partial charge in [0.15, 0.2) is 0 Å². The quantitative estimate of drug-likeness (QED) is 0.920. The van der Waals surface area contributed by atoms with Crippen LogP contribution in [0.3, 0.4) is 0 Å². The molecule has 0 saturated heterocycles. The lowest BCUT2D eigenvalue weighted by Gasteiger charge is -2.18. The molecule has 2 amide bonds. The average molecular weight is 278 g/mol. The van der Waals surface area contributed by atoms with Crippen LogP contribution in [0.15, 0.2) is 18.2 Å². The Hall–Kier alpha value is -2.04. The second-order valence-electron chi connectivity index (χ2n) is 4.90. The number of amides is 2. The first-order valence-corrected chi connectivity index (χ1v) is 6.64. The molecule has 1 atom stereocenters. The van der Waals surface area contributed by atoms with E-state index < -0.39 is 6.09 Å². The Bertz CT molecular complexity index is 498. The lowest BCUT2D eigenvalue weighted by atomic mass is 9.99. The number of carbonyl (C=O) groups is 2. The van der Waals surface area contributed by atoms with E-state index in [-0.39, 0.29) is 11.9 Å². The van der Waals surface area contributed by atoms with Crippen molar-refractivity contribution in [2.24, 2.45) is 0 Å². The van der Waals surface area contributed by atoms with E-state index in [9.17, 15) is 9.59 Å². The van der Waals surface area contributed by atoms with Gasteiger partial charge in [-0.15, -0.1) is 0 Å². The maximum absolute atomic E-state index is 11.6. The van der Waals surface area contributed by atoms with Gasteiger partial charge in [0, 0.05) is 21.0 Å². The molecule has 0 radical (unpaired) electrons. The van der Waals surface area contributed by atoms with Crippen molar-refractivity contribution in [2.75, 3.05) is 14.1 Å². The summed E-state index contributed by atoms with van der Waals surface area (Å²) in [6.07, 6.45) is 0.425. The fraction of sp³-hybridized carbons (Fsp3) is 0.467. The van der Waals surface area contributed by atoms with E-state index in [4.69, 9.17) is 4.74 Å². The zero-order valence-corrected chi connectivity index (χ0v) is 12.7. The molecule has 5 nitrogen and oxygen atoms in total. The van der Waals surface area contributed by atoms with Gasteiger partial charge in [-0.3, -0.25) is 4.79 Å². The summed E-state index contributed by atoms with van der Waals surface area (Å²) in [4.78, 5) is 24.1. The van der Waals surface area contributed by atoms with Crippen LogP contribution < -0.4 is 10.1 Å². The fourth-order valence-electron chi connectivity index (χ4n) is 1.94. The first-order valence-electron chi connectivity index (χ1n) is 6.64. The predicted molar refractivity (Wildman–Crippen MR) is 77.8 cm³/mol. The van der Waals surface area contributed by atoms with Crippen LogP contribution in [0.4, 0.5) is 4.79 Å². The lowest BCUT2D eigenvalue weighted by molar-refractivity contribution is -0.119. The number of nitrogens with one attached hydrogen (secondary N) is 1. The summed E-state index contributed by atoms with van der Waals surface area (Å²) >= 11 is 0. The van der Waals surface area contributed by atoms with Crippen LogP contribution in [-0.2, 0) is 11.2 Å². The lowest BCUT2D eigenvalue weighted by Crippen LogP contribution is -2.26. The van der Waals surface area contributed by atoms with Gasteiger partial charge in [-0.05, 0) is 36.6 Å². The molecule has 0 heterocycles. The van der Waals surface area contributed by atoms with Crippen molar-refractivity contribution in [3.63, 3.8) is 0 Å². The number of ether oxygens (including phenoxy) is 1. The third-order valence-corrected chi connectivity index (χ3v) is 2.95. The van der Waals surface area contributed by atoms with Crippen molar-refractivity contribution in [2.45, 2.75) is 33.2 Å². The van der Waals surface area contributed by atoms with Gasteiger partial charge < -0.3 is 15.0 Å². The molecular formula is C15H22N2O3. The van der Waals surface area contributed by atoms with Crippen LogP contribution in [0, 0.1) is 0 Å². The predicted octanol–water partition coefficient (Wildman–Crippen LogP) is 2.51. The molecule has 20 heavy (non-hydrogen) atoms. The maximum Gasteiger partial charge on any atom is 0.414 e. The molecule has 0 aliphatic heterocycles. The van der Waals surface area contributed by atoms with Crippen molar-refractivity contribution in [3.8, 4) is 5.75 Å². The van der Waals surface area contributed by atoms with Crippen LogP contribution in [0.2, 0.25) is 0 Å². The smallest absolute Gasteiger partial charge is 0.410 e. The molecule has 0 saturated carbocycles. The van der Waals surface area contributed by atoms with Crippen molar-refractivity contribution in [3.05, 3.63) is 29.3 Å². The first kappa shape index (κ1) is 16.0. The molecule has 1 aromatic rings. The van der Waals surface area contributed by atoms with Crippen molar-refractivity contribution in [1.82, 2.24) is 10.2 Å². The third-order valence-electron chi connectivity index (χ3n) is 2.95. The minimum atomic E-state index is -0.424. The van der Waals surface area contributed by atoms with Gasteiger partial charge in [-0.2, -0.15) is 0 Å². The number of rotatable bonds is 4. The fourth-order valence-corrected chi connectivity index (χ4v) is 1.94. The van der Waals surface area contributed by atoms with Crippen LogP contribution in [0.1, 0.15) is 37.9 Å². The van der Waals surface area contributed by atoms with E-state index in [1.165, 1.54) is 11.8 Å². The van der Waals surface area contributed by atoms with Gasteiger partial charge in [-0.1, -0.05) is 13.0 Å². The second-order valence-corrected chi connectivity index (χ2v) is 4.90. The summed E-state index contributed by atoms with van der Waals surface area (Å²) in [6.45, 7) is 5.44. The third kappa shape index (κ3) is 4.26. The maximum atomic E-state index is 11.6. The summed E-state index contributed by atoms with van der Waals surface area (Å²) in [7, 11) is 3.26. The molecule has 1 rings (SSSR count). The van der Waals surface area contributed by atoms with Crippen molar-refractivity contribution >= 4 is 12.0 Å². The van der Waals surface area contributed by atoms with Crippen LogP contribution >= 0.6 is 0 Å². The van der Waals surface area contributed by atoms with Gasteiger partial charge in [-0.25, -0.2) is 4.79 Å². The molecule has 1 N–H and O–H groups in total. The number of hydrogen-bond acceptors (Lipinski definition) is 3. The number of aryl methyl sites for hydroxylation is 1. The molecule has 0 spiro atoms. The Morgan fingerprint density at radius 2 is 2.00 bits per heavy atom. The summed E-state index contributed by atoms with van der Waals surface area (Å²) < 4.78 is 5.25. The summed E-state index contributed by atoms with van der Waals surface area (Å²) in [5.41, 5.74) is 2.09. The largest absolute Gasteiger partial charge is 0.414 e. The highest BCUT2D eigenvalue weighted by molar-refractivity contribution is 5.73. The number of nitrogens with zero attached hydrogens (tertiary/aromatic N) is 1. The zero-order chi connectivity index (χ0) is 15.3. The minimum Gasteiger partial charge on any atom is -0.410 e. The molecule has 110 valence electrons. The molecular weight excluding hydrogens is 256 g/mol. The van der Waals surface area contributed by atoms with E-state index in [1.807, 2.05) is 19.9 Å². The van der Waals surface area contributed by atoms with Gasteiger partial charge >= 0.3 is 6.09 Å². The first-order chi connectivity index (χ1) is 9.35. The molecule has 0 aromatic heterocycles. The second kappa shape index (κ2) is 6.93. The van der Waals surface area contributed by atoms with Gasteiger partial charge in [0.05, 0.1) is 6.04 Å². The number of benzene rings is 1. The highest BCUT2D eigenvalue weighted by Gasteiger charge is 2.14. The SMILES string of the molecule is CCc1ccc(OC(=O)N(C)C)cc1C(C)NC(C)=O. The Balaban J connectivity index is 3.02. The molecule has 5 heteroatoms. The van der Waals surface area contributed by atoms with Crippen LogP contribution in [0.5, 0.6) is 5.75 Å². The molecule has 0 aliphatic rings. The van der Waals surface area contributed by atoms with Crippen molar-refractivity contribution < 1.29 is 14.3 Å². The molecule has 1 aromatic carbocycles. The van der Waals surface area contributed by atoms with Crippen LogP contribution in [0.25, 0.3) is 0 Å². The highest BCUT2D eigenvalue weighted by Crippen LogP contribution is 2.24. The van der Waals surface area contributed by atoms with E-state index in [0.717, 1.165) is 17.5 Å². The summed E-state index contributed by atoms with van der Waals surface area (Å²) in [6, 6.07) is 5.37. The van der Waals surface area contributed by atoms with Gasteiger partial charge in [0.1, 0.15) is 5.75 Å². The standard InChI is InChI=1S/C15H22N2O3/c1-6-12-7-8-13(20-15(19)17(4)5)9-14(12)10(2)16-11(3)18/h7-10H,6H2,1-5H3,(H,16,18). The number of hydrogen-bond donors (Lipinski definition) is 1. The normalized spacial score (nSPS) is 11.7. The Morgan fingerprint density at radius 1 is 1.35 bits per heavy atom. The van der Waals surface area contributed by atoms with Crippen LogP contribution in [-0.4, -0.2) is 31.0 Å². The van der Waals surface area contributed by atoms with E-state index in [1.54, 1.807) is 26.2 Å². The molecule has 0 fully saturated rings. The summed E-state index contributed by atoms with van der Waals surface area (Å²) in [5, 5.41) is 2.85.